The zero-order chi connectivity index (χ0) is 20.9. The molecule has 0 heterocycles. The molecule has 0 N–H and O–H groups in total. The monoisotopic (exact) mass is 395 g/mol. The van der Waals surface area contributed by atoms with Crippen molar-refractivity contribution in [1.82, 2.24) is 0 Å². The Balaban J connectivity index is 2.08. The van der Waals surface area contributed by atoms with Gasteiger partial charge in [0.2, 0.25) is 0 Å². The summed E-state index contributed by atoms with van der Waals surface area (Å²) in [6, 6.07) is 30.5. The highest BCUT2D eigenvalue weighted by Gasteiger charge is 2.19. The number of fused-ring (bicyclic) bond motifs is 10. The molecule has 0 unspecified atom stereocenters. The molecule has 6 aromatic rings. The lowest BCUT2D eigenvalue weighted by Crippen LogP contribution is -1.91. The van der Waals surface area contributed by atoms with E-state index in [-0.39, 0.29) is 0 Å². The van der Waals surface area contributed by atoms with Crippen LogP contribution < -0.4 is 0 Å². The SMILES string of the molecule is C=Nc1c(/C=C\C)c2c3ccccc3c3ccccc3c2c2ccc3ccccc3c12. The van der Waals surface area contributed by atoms with Crippen LogP contribution in [0.4, 0.5) is 5.69 Å². The van der Waals surface area contributed by atoms with Gasteiger partial charge in [-0.3, -0.25) is 4.99 Å². The number of allylic oxidation sites excluding steroid dienone is 1. The van der Waals surface area contributed by atoms with E-state index < -0.39 is 0 Å². The average molecular weight is 396 g/mol. The van der Waals surface area contributed by atoms with Crippen molar-refractivity contribution in [2.24, 2.45) is 4.99 Å². The normalized spacial score (nSPS) is 12.0. The summed E-state index contributed by atoms with van der Waals surface area (Å²) in [5.41, 5.74) is 2.09. The van der Waals surface area contributed by atoms with Crippen LogP contribution in [-0.2, 0) is 0 Å². The quantitative estimate of drug-likeness (QED) is 0.205. The van der Waals surface area contributed by atoms with E-state index in [2.05, 4.69) is 116 Å². The molecule has 0 atom stereocenters. The summed E-state index contributed by atoms with van der Waals surface area (Å²) in [5.74, 6) is 0. The topological polar surface area (TPSA) is 12.4 Å². The van der Waals surface area contributed by atoms with Crippen molar-refractivity contribution < 1.29 is 0 Å². The highest BCUT2D eigenvalue weighted by molar-refractivity contribution is 6.37. The van der Waals surface area contributed by atoms with Gasteiger partial charge in [-0.15, -0.1) is 0 Å². The highest BCUT2D eigenvalue weighted by atomic mass is 14.7. The maximum atomic E-state index is 4.60. The lowest BCUT2D eigenvalue weighted by molar-refractivity contribution is 1.60. The van der Waals surface area contributed by atoms with Crippen molar-refractivity contribution >= 4 is 72.3 Å². The number of rotatable bonds is 2. The molecule has 0 aliphatic carbocycles. The van der Waals surface area contributed by atoms with Gasteiger partial charge in [0.15, 0.2) is 0 Å². The van der Waals surface area contributed by atoms with Crippen molar-refractivity contribution in [2.45, 2.75) is 6.92 Å². The second-order valence-electron chi connectivity index (χ2n) is 7.97. The fourth-order valence-corrected chi connectivity index (χ4v) is 5.18. The first-order valence-electron chi connectivity index (χ1n) is 10.6. The van der Waals surface area contributed by atoms with Crippen LogP contribution in [0.15, 0.2) is 96.0 Å². The zero-order valence-corrected chi connectivity index (χ0v) is 17.4. The molecule has 0 bridgehead atoms. The van der Waals surface area contributed by atoms with E-state index in [4.69, 9.17) is 0 Å². The van der Waals surface area contributed by atoms with Gasteiger partial charge in [-0.2, -0.15) is 0 Å². The molecule has 31 heavy (non-hydrogen) atoms. The molecule has 0 spiro atoms. The van der Waals surface area contributed by atoms with Crippen LogP contribution in [0.5, 0.6) is 0 Å². The Morgan fingerprint density at radius 2 is 1.16 bits per heavy atom. The molecule has 0 radical (unpaired) electrons. The molecule has 0 saturated heterocycles. The summed E-state index contributed by atoms with van der Waals surface area (Å²) in [6.45, 7) is 6.06. The second-order valence-corrected chi connectivity index (χ2v) is 7.97. The third-order valence-electron chi connectivity index (χ3n) is 6.38. The molecule has 0 amide bonds. The summed E-state index contributed by atoms with van der Waals surface area (Å²) in [6.07, 6.45) is 4.29. The minimum atomic E-state index is 0.956. The van der Waals surface area contributed by atoms with E-state index in [0.717, 1.165) is 11.3 Å². The molecule has 6 rings (SSSR count). The predicted octanol–water partition coefficient (Wildman–Crippen LogP) is 8.82. The molecule has 1 heteroatoms. The molecule has 0 aliphatic heterocycles. The van der Waals surface area contributed by atoms with Crippen LogP contribution in [0.2, 0.25) is 0 Å². The Bertz CT molecular complexity index is 1700. The van der Waals surface area contributed by atoms with Crippen LogP contribution in [0, 0.1) is 0 Å². The van der Waals surface area contributed by atoms with Crippen molar-refractivity contribution in [3.8, 4) is 0 Å². The highest BCUT2D eigenvalue weighted by Crippen LogP contribution is 2.47. The van der Waals surface area contributed by atoms with Gasteiger partial charge in [-0.1, -0.05) is 97.1 Å². The molecule has 0 fully saturated rings. The molecule has 0 saturated carbocycles. The molecule has 1 nitrogen and oxygen atoms in total. The summed E-state index contributed by atoms with van der Waals surface area (Å²) < 4.78 is 0. The molecular weight excluding hydrogens is 374 g/mol. The smallest absolute Gasteiger partial charge is 0.0785 e. The first-order chi connectivity index (χ1) is 15.3. The van der Waals surface area contributed by atoms with Crippen LogP contribution >= 0.6 is 0 Å². The van der Waals surface area contributed by atoms with E-state index in [0.29, 0.717) is 0 Å². The van der Waals surface area contributed by atoms with Gasteiger partial charge in [0.1, 0.15) is 0 Å². The number of nitrogens with zero attached hydrogens (tertiary/aromatic N) is 1. The van der Waals surface area contributed by atoms with E-state index in [1.807, 2.05) is 0 Å². The van der Waals surface area contributed by atoms with Gasteiger partial charge in [0.05, 0.1) is 5.69 Å². The fraction of sp³-hybridized carbons (Fsp3) is 0.0333. The minimum Gasteiger partial charge on any atom is -0.263 e. The van der Waals surface area contributed by atoms with Crippen LogP contribution in [0.25, 0.3) is 59.9 Å². The average Bonchev–Trinajstić information content (AvgIpc) is 2.83. The van der Waals surface area contributed by atoms with Crippen molar-refractivity contribution in [3.05, 3.63) is 96.6 Å². The largest absolute Gasteiger partial charge is 0.263 e. The van der Waals surface area contributed by atoms with Gasteiger partial charge in [0.25, 0.3) is 0 Å². The third-order valence-corrected chi connectivity index (χ3v) is 6.38. The van der Waals surface area contributed by atoms with Crippen molar-refractivity contribution in [1.29, 1.82) is 0 Å². The zero-order valence-electron chi connectivity index (χ0n) is 17.4. The van der Waals surface area contributed by atoms with Crippen LogP contribution in [-0.4, -0.2) is 6.72 Å². The number of aliphatic imine (C=N–C) groups is 1. The molecule has 0 aliphatic rings. The first-order valence-corrected chi connectivity index (χ1v) is 10.6. The number of benzene rings is 6. The maximum absolute atomic E-state index is 4.60. The molecular formula is C30H21N. The van der Waals surface area contributed by atoms with Gasteiger partial charge in [-0.05, 0) is 56.7 Å². The van der Waals surface area contributed by atoms with Gasteiger partial charge < -0.3 is 0 Å². The number of hydrogen-bond donors (Lipinski definition) is 0. The van der Waals surface area contributed by atoms with Crippen molar-refractivity contribution in [3.63, 3.8) is 0 Å². The van der Waals surface area contributed by atoms with Gasteiger partial charge >= 0.3 is 0 Å². The standard InChI is InChI=1S/C30H21N/c1-3-10-26-28-24-16-9-7-14-22(24)21-13-6-8-15-23(21)27(28)25-18-17-19-11-4-5-12-20(19)29(25)30(26)31-2/h3-18H,2H2,1H3/b10-3-. The number of hydrogen-bond acceptors (Lipinski definition) is 1. The molecule has 146 valence electrons. The molecule has 6 aromatic carbocycles. The maximum Gasteiger partial charge on any atom is 0.0785 e. The van der Waals surface area contributed by atoms with Crippen LogP contribution in [0.1, 0.15) is 12.5 Å². The van der Waals surface area contributed by atoms with E-state index in [1.54, 1.807) is 0 Å². The van der Waals surface area contributed by atoms with E-state index >= 15 is 0 Å². The Morgan fingerprint density at radius 1 is 0.581 bits per heavy atom. The van der Waals surface area contributed by atoms with E-state index in [9.17, 15) is 0 Å². The minimum absolute atomic E-state index is 0.956. The van der Waals surface area contributed by atoms with Crippen molar-refractivity contribution in [2.75, 3.05) is 0 Å². The van der Waals surface area contributed by atoms with Gasteiger partial charge in [-0.25, -0.2) is 0 Å². The van der Waals surface area contributed by atoms with Gasteiger partial charge in [0, 0.05) is 16.3 Å². The lowest BCUT2D eigenvalue weighted by Gasteiger charge is -2.18. The summed E-state index contributed by atoms with van der Waals surface area (Å²) >= 11 is 0. The summed E-state index contributed by atoms with van der Waals surface area (Å²) in [4.78, 5) is 4.60. The first kappa shape index (κ1) is 17.9. The Labute approximate surface area is 181 Å². The molecule has 0 aromatic heterocycles. The third kappa shape index (κ3) is 2.41. The second kappa shape index (κ2) is 6.78. The fourth-order valence-electron chi connectivity index (χ4n) is 5.18. The van der Waals surface area contributed by atoms with E-state index in [1.165, 1.54) is 53.9 Å². The Hall–Kier alpha value is -3.97. The Kier molecular flexibility index (Phi) is 3.91. The lowest BCUT2D eigenvalue weighted by atomic mass is 9.86. The summed E-state index contributed by atoms with van der Waals surface area (Å²) in [7, 11) is 0. The Morgan fingerprint density at radius 3 is 1.81 bits per heavy atom. The summed E-state index contributed by atoms with van der Waals surface area (Å²) in [5, 5.41) is 12.5. The predicted molar refractivity (Wildman–Crippen MR) is 138 cm³/mol. The van der Waals surface area contributed by atoms with Crippen LogP contribution in [0.3, 0.4) is 0 Å².